The molecule has 0 N–H and O–H groups in total. The standard InChI is InChI=1S/C19H50O6Si5/c1-20-17-18-21-16-14-13-15-19-30(12,24-28(8,9)22-26(2,3)4)25-29(10,11)23-27(5,6)7/h13-19H2,1-12H3. The second kappa shape index (κ2) is 12.9. The van der Waals surface area contributed by atoms with Crippen LogP contribution in [-0.4, -0.2) is 69.2 Å². The van der Waals surface area contributed by atoms with E-state index in [1.54, 1.807) is 7.11 Å². The van der Waals surface area contributed by atoms with E-state index in [1.165, 1.54) is 0 Å². The van der Waals surface area contributed by atoms with E-state index < -0.39 is 42.3 Å². The molecule has 11 heteroatoms. The van der Waals surface area contributed by atoms with E-state index in [-0.39, 0.29) is 0 Å². The Morgan fingerprint density at radius 3 is 1.37 bits per heavy atom. The quantitative estimate of drug-likeness (QED) is 0.174. The number of hydrogen-bond acceptors (Lipinski definition) is 6. The molecule has 0 amide bonds. The maximum absolute atomic E-state index is 6.80. The molecule has 0 fully saturated rings. The second-order valence-electron chi connectivity index (χ2n) is 11.0. The maximum Gasteiger partial charge on any atom is 0.317 e. The molecule has 0 unspecified atom stereocenters. The third kappa shape index (κ3) is 17.4. The first-order valence-corrected chi connectivity index (χ1v) is 26.2. The maximum atomic E-state index is 6.80. The average Bonchev–Trinajstić information content (AvgIpc) is 2.43. The van der Waals surface area contributed by atoms with Crippen molar-refractivity contribution in [1.29, 1.82) is 0 Å². The first kappa shape index (κ1) is 30.8. The van der Waals surface area contributed by atoms with Crippen LogP contribution in [0.4, 0.5) is 0 Å². The van der Waals surface area contributed by atoms with Gasteiger partial charge in [-0.2, -0.15) is 0 Å². The minimum absolute atomic E-state index is 0.653. The predicted octanol–water partition coefficient (Wildman–Crippen LogP) is 6.03. The molecule has 6 nitrogen and oxygen atoms in total. The van der Waals surface area contributed by atoms with Crippen molar-refractivity contribution in [3.8, 4) is 0 Å². The Morgan fingerprint density at radius 2 is 0.967 bits per heavy atom. The summed E-state index contributed by atoms with van der Waals surface area (Å²) < 4.78 is 37.2. The number of methoxy groups -OCH3 is 1. The zero-order chi connectivity index (χ0) is 23.7. The van der Waals surface area contributed by atoms with Crippen molar-refractivity contribution >= 4 is 42.3 Å². The van der Waals surface area contributed by atoms with Gasteiger partial charge in [0, 0.05) is 13.7 Å². The zero-order valence-corrected chi connectivity index (χ0v) is 26.9. The van der Waals surface area contributed by atoms with Crippen LogP contribution in [0.15, 0.2) is 0 Å². The van der Waals surface area contributed by atoms with Crippen LogP contribution < -0.4 is 0 Å². The topological polar surface area (TPSA) is 55.4 Å². The molecule has 0 aromatic rings. The molecule has 30 heavy (non-hydrogen) atoms. The largest absolute Gasteiger partial charge is 0.437 e. The third-order valence-corrected chi connectivity index (χ3v) is 21.4. The first-order valence-electron chi connectivity index (χ1n) is 11.3. The van der Waals surface area contributed by atoms with E-state index in [9.17, 15) is 0 Å². The monoisotopic (exact) mass is 514 g/mol. The molecule has 0 rings (SSSR count). The fraction of sp³-hybridized carbons (Fsp3) is 1.00. The molecular weight excluding hydrogens is 465 g/mol. The Kier molecular flexibility index (Phi) is 13.3. The van der Waals surface area contributed by atoms with Crippen molar-refractivity contribution in [3.63, 3.8) is 0 Å². The van der Waals surface area contributed by atoms with Gasteiger partial charge in [0.2, 0.25) is 0 Å². The molecule has 0 bridgehead atoms. The van der Waals surface area contributed by atoms with Gasteiger partial charge in [-0.15, -0.1) is 0 Å². The van der Waals surface area contributed by atoms with Crippen LogP contribution in [0.25, 0.3) is 0 Å². The molecule has 182 valence electrons. The smallest absolute Gasteiger partial charge is 0.317 e. The van der Waals surface area contributed by atoms with Crippen LogP contribution in [0.5, 0.6) is 0 Å². The summed E-state index contributed by atoms with van der Waals surface area (Å²) in [4.78, 5) is 0. The Hall–Kier alpha value is 0.844. The highest BCUT2D eigenvalue weighted by Crippen LogP contribution is 2.29. The van der Waals surface area contributed by atoms with E-state index in [0.717, 1.165) is 31.9 Å². The molecular formula is C19H50O6Si5. The Morgan fingerprint density at radius 1 is 0.500 bits per heavy atom. The molecule has 0 spiro atoms. The molecule has 0 aliphatic rings. The minimum atomic E-state index is -2.44. The van der Waals surface area contributed by atoms with Gasteiger partial charge in [0.25, 0.3) is 0 Å². The summed E-state index contributed by atoms with van der Waals surface area (Å²) in [5, 5.41) is 0. The lowest BCUT2D eigenvalue weighted by atomic mass is 10.3. The van der Waals surface area contributed by atoms with Gasteiger partial charge in [0.1, 0.15) is 0 Å². The highest BCUT2D eigenvalue weighted by molar-refractivity contribution is 6.90. The summed E-state index contributed by atoms with van der Waals surface area (Å²) in [6, 6.07) is 0.960. The molecule has 0 aromatic carbocycles. The summed E-state index contributed by atoms with van der Waals surface area (Å²) in [6.45, 7) is 26.3. The Balaban J connectivity index is 5.03. The number of rotatable bonds is 17. The van der Waals surface area contributed by atoms with Gasteiger partial charge in [0.05, 0.1) is 13.2 Å². The third-order valence-electron chi connectivity index (χ3n) is 3.88. The van der Waals surface area contributed by atoms with Crippen LogP contribution in [-0.2, 0) is 25.9 Å². The SMILES string of the molecule is COCCOCCCCC[Si](C)(O[Si](C)(C)O[Si](C)(C)C)O[Si](C)(C)O[Si](C)(C)C. The van der Waals surface area contributed by atoms with Crippen molar-refractivity contribution in [2.24, 2.45) is 0 Å². The molecule has 0 atom stereocenters. The number of ether oxygens (including phenoxy) is 2. The van der Waals surface area contributed by atoms with Gasteiger partial charge < -0.3 is 25.9 Å². The van der Waals surface area contributed by atoms with E-state index >= 15 is 0 Å². The number of unbranched alkanes of at least 4 members (excludes halogenated alkanes) is 2. The minimum Gasteiger partial charge on any atom is -0.437 e. The summed E-state index contributed by atoms with van der Waals surface area (Å²) in [7, 11) is -8.69. The molecule has 0 saturated heterocycles. The van der Waals surface area contributed by atoms with E-state index in [0.29, 0.717) is 13.2 Å². The molecule has 0 aromatic heterocycles. The molecule has 0 aliphatic carbocycles. The lowest BCUT2D eigenvalue weighted by Gasteiger charge is -2.43. The summed E-state index contributed by atoms with van der Waals surface area (Å²) in [5.41, 5.74) is 0. The Bertz CT molecular complexity index is 447. The summed E-state index contributed by atoms with van der Waals surface area (Å²) in [5.74, 6) is 0. The van der Waals surface area contributed by atoms with Gasteiger partial charge in [-0.05, 0) is 84.5 Å². The van der Waals surface area contributed by atoms with Crippen molar-refractivity contribution in [1.82, 2.24) is 0 Å². The Labute approximate surface area is 192 Å². The average molecular weight is 515 g/mol. The van der Waals surface area contributed by atoms with Gasteiger partial charge in [-0.25, -0.2) is 0 Å². The van der Waals surface area contributed by atoms with Gasteiger partial charge in [-0.1, -0.05) is 12.8 Å². The van der Waals surface area contributed by atoms with Crippen LogP contribution in [0, 0.1) is 0 Å². The zero-order valence-electron chi connectivity index (χ0n) is 21.9. The van der Waals surface area contributed by atoms with Gasteiger partial charge >= 0.3 is 25.7 Å². The van der Waals surface area contributed by atoms with Crippen LogP contribution in [0.3, 0.4) is 0 Å². The van der Waals surface area contributed by atoms with E-state index in [2.05, 4.69) is 72.0 Å². The second-order valence-corrected chi connectivity index (χ2v) is 31.1. The van der Waals surface area contributed by atoms with Gasteiger partial charge in [-0.3, -0.25) is 0 Å². The molecule has 0 aliphatic heterocycles. The van der Waals surface area contributed by atoms with Crippen molar-refractivity contribution in [2.45, 2.75) is 97.3 Å². The van der Waals surface area contributed by atoms with Crippen LogP contribution in [0.1, 0.15) is 19.3 Å². The highest BCUT2D eigenvalue weighted by atomic mass is 28.5. The van der Waals surface area contributed by atoms with Crippen LogP contribution >= 0.6 is 0 Å². The summed E-state index contributed by atoms with van der Waals surface area (Å²) in [6.07, 6.45) is 3.23. The normalized spacial score (nSPS) is 14.4. The van der Waals surface area contributed by atoms with Crippen LogP contribution in [0.2, 0.25) is 78.1 Å². The fourth-order valence-corrected chi connectivity index (χ4v) is 27.2. The molecule has 0 saturated carbocycles. The van der Waals surface area contributed by atoms with Crippen molar-refractivity contribution in [2.75, 3.05) is 26.9 Å². The molecule has 0 radical (unpaired) electrons. The first-order chi connectivity index (χ1) is 13.4. The number of hydrogen-bond donors (Lipinski definition) is 0. The van der Waals surface area contributed by atoms with Gasteiger partial charge in [0.15, 0.2) is 16.6 Å². The van der Waals surface area contributed by atoms with E-state index in [4.69, 9.17) is 25.9 Å². The predicted molar refractivity (Wildman–Crippen MR) is 139 cm³/mol. The van der Waals surface area contributed by atoms with Crippen molar-refractivity contribution < 1.29 is 25.9 Å². The lowest BCUT2D eigenvalue weighted by Crippen LogP contribution is -2.59. The van der Waals surface area contributed by atoms with Crippen molar-refractivity contribution in [3.05, 3.63) is 0 Å². The summed E-state index contributed by atoms with van der Waals surface area (Å²) >= 11 is 0. The van der Waals surface area contributed by atoms with E-state index in [1.807, 2.05) is 0 Å². The molecule has 0 heterocycles. The lowest BCUT2D eigenvalue weighted by molar-refractivity contribution is 0.0687. The fourth-order valence-electron chi connectivity index (χ4n) is 3.75. The highest BCUT2D eigenvalue weighted by Gasteiger charge is 2.46.